The Morgan fingerprint density at radius 2 is 1.67 bits per heavy atom. The Hall–Kier alpha value is -2.49. The molecule has 4 nitrogen and oxygen atoms in total. The largest absolute Gasteiger partial charge is 0.466 e. The zero-order valence-corrected chi connectivity index (χ0v) is 12.0. The Morgan fingerprint density at radius 3 is 2.24 bits per heavy atom. The molecule has 0 aliphatic carbocycles. The summed E-state index contributed by atoms with van der Waals surface area (Å²) in [5, 5.41) is 0. The lowest BCUT2D eigenvalue weighted by atomic mass is 10.2. The lowest BCUT2D eigenvalue weighted by Crippen LogP contribution is -2.05. The second-order valence-corrected chi connectivity index (χ2v) is 4.17. The minimum Gasteiger partial charge on any atom is -0.466 e. The van der Waals surface area contributed by atoms with Gasteiger partial charge in [-0.15, -0.1) is 0 Å². The summed E-state index contributed by atoms with van der Waals surface area (Å²) in [6.07, 6.45) is 4.35. The van der Waals surface area contributed by atoms with Gasteiger partial charge in [-0.05, 0) is 37.1 Å². The Bertz CT molecular complexity index is 488. The van der Waals surface area contributed by atoms with Crippen molar-refractivity contribution < 1.29 is 19.0 Å². The molecule has 0 saturated heterocycles. The Kier molecular flexibility index (Phi) is 7.43. The van der Waals surface area contributed by atoms with Crippen molar-refractivity contribution in [3.05, 3.63) is 61.6 Å². The summed E-state index contributed by atoms with van der Waals surface area (Å²) < 4.78 is 15.6. The first-order valence-electron chi connectivity index (χ1n) is 6.67. The fourth-order valence-electron chi connectivity index (χ4n) is 1.45. The van der Waals surface area contributed by atoms with Crippen LogP contribution in [0.2, 0.25) is 0 Å². The summed E-state index contributed by atoms with van der Waals surface area (Å²) in [4.78, 5) is 10.8. The van der Waals surface area contributed by atoms with Crippen molar-refractivity contribution in [3.63, 3.8) is 0 Å². The molecule has 4 heteroatoms. The number of rotatable bonds is 10. The highest BCUT2D eigenvalue weighted by Gasteiger charge is 2.00. The van der Waals surface area contributed by atoms with Crippen molar-refractivity contribution in [3.8, 4) is 5.75 Å². The Labute approximate surface area is 125 Å². The van der Waals surface area contributed by atoms with E-state index in [0.29, 0.717) is 25.4 Å². The molecule has 0 aromatic heterocycles. The van der Waals surface area contributed by atoms with Gasteiger partial charge < -0.3 is 14.2 Å². The second-order valence-electron chi connectivity index (χ2n) is 4.17. The van der Waals surface area contributed by atoms with E-state index < -0.39 is 5.97 Å². The summed E-state index contributed by atoms with van der Waals surface area (Å²) in [5.74, 6) is 0.488. The highest BCUT2D eigenvalue weighted by Crippen LogP contribution is 2.15. The highest BCUT2D eigenvalue weighted by atomic mass is 16.7. The molecule has 0 atom stereocenters. The molecule has 0 fully saturated rings. The van der Waals surface area contributed by atoms with Gasteiger partial charge in [0.1, 0.15) is 5.75 Å². The summed E-state index contributed by atoms with van der Waals surface area (Å²) in [5.41, 5.74) is 1.02. The molecule has 0 unspecified atom stereocenters. The van der Waals surface area contributed by atoms with Crippen LogP contribution in [0.15, 0.2) is 56.0 Å². The third-order valence-corrected chi connectivity index (χ3v) is 2.56. The standard InChI is InChI=1S/C17H20O4/c1-4-15-8-10-16(11-9-15)21-14(3)19-12-6-7-13-20-17(18)5-2/h4-5,8-11H,1-3,6-7,12-13H2. The van der Waals surface area contributed by atoms with E-state index in [1.165, 1.54) is 0 Å². The Morgan fingerprint density at radius 1 is 1.05 bits per heavy atom. The van der Waals surface area contributed by atoms with E-state index >= 15 is 0 Å². The number of esters is 1. The monoisotopic (exact) mass is 288 g/mol. The molecular weight excluding hydrogens is 268 g/mol. The van der Waals surface area contributed by atoms with Crippen molar-refractivity contribution in [2.45, 2.75) is 12.8 Å². The van der Waals surface area contributed by atoms with Gasteiger partial charge in [0.15, 0.2) is 0 Å². The minimum absolute atomic E-state index is 0.240. The smallest absolute Gasteiger partial charge is 0.330 e. The quantitative estimate of drug-likeness (QED) is 0.285. The molecular formula is C17H20O4. The summed E-state index contributed by atoms with van der Waals surface area (Å²) in [6.45, 7) is 11.5. The van der Waals surface area contributed by atoms with Crippen LogP contribution >= 0.6 is 0 Å². The van der Waals surface area contributed by atoms with Gasteiger partial charge in [0.2, 0.25) is 0 Å². The number of carbonyl (C=O) groups is 1. The van der Waals surface area contributed by atoms with Crippen LogP contribution in [0, 0.1) is 0 Å². The van der Waals surface area contributed by atoms with E-state index in [1.54, 1.807) is 6.08 Å². The molecule has 112 valence electrons. The first-order chi connectivity index (χ1) is 10.2. The lowest BCUT2D eigenvalue weighted by molar-refractivity contribution is -0.137. The number of carbonyl (C=O) groups excluding carboxylic acids is 1. The highest BCUT2D eigenvalue weighted by molar-refractivity contribution is 5.81. The fourth-order valence-corrected chi connectivity index (χ4v) is 1.45. The average Bonchev–Trinajstić information content (AvgIpc) is 2.51. The number of hydrogen-bond acceptors (Lipinski definition) is 4. The molecule has 0 heterocycles. The first kappa shape index (κ1) is 16.6. The average molecular weight is 288 g/mol. The van der Waals surface area contributed by atoms with Gasteiger partial charge in [-0.2, -0.15) is 0 Å². The van der Waals surface area contributed by atoms with Gasteiger partial charge >= 0.3 is 5.97 Å². The van der Waals surface area contributed by atoms with Crippen molar-refractivity contribution in [1.29, 1.82) is 0 Å². The number of benzene rings is 1. The van der Waals surface area contributed by atoms with E-state index in [-0.39, 0.29) is 5.95 Å². The van der Waals surface area contributed by atoms with Gasteiger partial charge in [0.05, 0.1) is 13.2 Å². The molecule has 0 saturated carbocycles. The number of ether oxygens (including phenoxy) is 3. The molecule has 0 bridgehead atoms. The van der Waals surface area contributed by atoms with Gasteiger partial charge in [0, 0.05) is 6.08 Å². The third-order valence-electron chi connectivity index (χ3n) is 2.56. The predicted molar refractivity (Wildman–Crippen MR) is 82.6 cm³/mol. The van der Waals surface area contributed by atoms with E-state index in [0.717, 1.165) is 18.1 Å². The van der Waals surface area contributed by atoms with E-state index in [9.17, 15) is 4.79 Å². The minimum atomic E-state index is -0.411. The van der Waals surface area contributed by atoms with Crippen LogP contribution < -0.4 is 4.74 Å². The number of hydrogen-bond donors (Lipinski definition) is 0. The van der Waals surface area contributed by atoms with Crippen LogP contribution in [0.5, 0.6) is 5.75 Å². The molecule has 0 amide bonds. The molecule has 0 N–H and O–H groups in total. The molecule has 0 spiro atoms. The molecule has 1 rings (SSSR count). The molecule has 0 aliphatic rings. The SMILES string of the molecule is C=CC(=O)OCCCCOC(=C)Oc1ccc(C=C)cc1. The van der Waals surface area contributed by atoms with Crippen molar-refractivity contribution in [2.75, 3.05) is 13.2 Å². The van der Waals surface area contributed by atoms with E-state index in [2.05, 4.69) is 19.7 Å². The summed E-state index contributed by atoms with van der Waals surface area (Å²) >= 11 is 0. The topological polar surface area (TPSA) is 44.8 Å². The normalized spacial score (nSPS) is 9.52. The van der Waals surface area contributed by atoms with Gasteiger partial charge in [0.25, 0.3) is 5.95 Å². The third kappa shape index (κ3) is 7.01. The molecule has 21 heavy (non-hydrogen) atoms. The van der Waals surface area contributed by atoms with Crippen LogP contribution in [0.1, 0.15) is 18.4 Å². The summed E-state index contributed by atoms with van der Waals surface area (Å²) in [6, 6.07) is 7.42. The zero-order valence-electron chi connectivity index (χ0n) is 12.0. The maximum atomic E-state index is 10.8. The molecule has 0 radical (unpaired) electrons. The molecule has 0 aliphatic heterocycles. The second kappa shape index (κ2) is 9.42. The van der Waals surface area contributed by atoms with Crippen LogP contribution in [0.25, 0.3) is 6.08 Å². The van der Waals surface area contributed by atoms with Crippen LogP contribution in [0.4, 0.5) is 0 Å². The first-order valence-corrected chi connectivity index (χ1v) is 6.67. The molecule has 1 aromatic carbocycles. The van der Waals surface area contributed by atoms with Gasteiger partial charge in [-0.1, -0.05) is 31.4 Å². The van der Waals surface area contributed by atoms with Gasteiger partial charge in [-0.25, -0.2) is 4.79 Å². The lowest BCUT2D eigenvalue weighted by Gasteiger charge is -2.10. The van der Waals surface area contributed by atoms with Crippen molar-refractivity contribution in [2.24, 2.45) is 0 Å². The predicted octanol–water partition coefficient (Wildman–Crippen LogP) is 3.71. The van der Waals surface area contributed by atoms with E-state index in [4.69, 9.17) is 14.2 Å². The van der Waals surface area contributed by atoms with E-state index in [1.807, 2.05) is 24.3 Å². The van der Waals surface area contributed by atoms with Crippen LogP contribution in [0.3, 0.4) is 0 Å². The Balaban J connectivity index is 2.14. The van der Waals surface area contributed by atoms with Gasteiger partial charge in [-0.3, -0.25) is 0 Å². The van der Waals surface area contributed by atoms with Crippen molar-refractivity contribution >= 4 is 12.0 Å². The molecule has 1 aromatic rings. The maximum Gasteiger partial charge on any atom is 0.330 e. The fraction of sp³-hybridized carbons (Fsp3) is 0.235. The van der Waals surface area contributed by atoms with Crippen LogP contribution in [-0.4, -0.2) is 19.2 Å². The number of unbranched alkanes of at least 4 members (excludes halogenated alkanes) is 1. The van der Waals surface area contributed by atoms with Crippen molar-refractivity contribution in [1.82, 2.24) is 0 Å². The van der Waals surface area contributed by atoms with Crippen LogP contribution in [-0.2, 0) is 14.3 Å². The zero-order chi connectivity index (χ0) is 15.5. The summed E-state index contributed by atoms with van der Waals surface area (Å²) in [7, 11) is 0. The maximum absolute atomic E-state index is 10.8.